The number of nitrogens with zero attached hydrogens (tertiary/aromatic N) is 5. The number of halogens is 1. The molecule has 170 valence electrons. The van der Waals surface area contributed by atoms with Crippen molar-refractivity contribution in [2.75, 3.05) is 0 Å². The van der Waals surface area contributed by atoms with Crippen molar-refractivity contribution in [2.45, 2.75) is 13.0 Å². The highest BCUT2D eigenvalue weighted by Gasteiger charge is 2.16. The summed E-state index contributed by atoms with van der Waals surface area (Å²) in [5, 5.41) is 10.1. The molecule has 7 nitrogen and oxygen atoms in total. The molecule has 3 heterocycles. The number of carbonyl (C=O) groups is 1. The van der Waals surface area contributed by atoms with Crippen LogP contribution in [0.5, 0.6) is 0 Å². The summed E-state index contributed by atoms with van der Waals surface area (Å²) in [5.74, 6) is -1.54. The number of carbonyl (C=O) groups excluding carboxylic acids is 1. The van der Waals surface area contributed by atoms with Gasteiger partial charge in [-0.15, -0.1) is 0 Å². The summed E-state index contributed by atoms with van der Waals surface area (Å²) in [6.07, 6.45) is 2.13. The first-order valence-electron chi connectivity index (χ1n) is 10.9. The SMILES string of the molecule is N#Cc1cc2c(=O)n3ccccc3nc2n(CCc2ccccc2)c1=NC(=O)c1ccccc1F. The van der Waals surface area contributed by atoms with E-state index in [9.17, 15) is 19.2 Å². The molecule has 35 heavy (non-hydrogen) atoms. The molecule has 3 aromatic heterocycles. The molecule has 0 unspecified atom stereocenters. The van der Waals surface area contributed by atoms with Crippen molar-refractivity contribution >= 4 is 22.6 Å². The van der Waals surface area contributed by atoms with Gasteiger partial charge in [-0.25, -0.2) is 9.37 Å². The minimum absolute atomic E-state index is 0.0185. The maximum Gasteiger partial charge on any atom is 0.281 e. The highest BCUT2D eigenvalue weighted by molar-refractivity contribution is 5.95. The Bertz CT molecular complexity index is 1770. The van der Waals surface area contributed by atoms with Crippen LogP contribution < -0.4 is 11.0 Å². The van der Waals surface area contributed by atoms with Gasteiger partial charge in [0.05, 0.1) is 16.5 Å². The fourth-order valence-corrected chi connectivity index (χ4v) is 3.97. The van der Waals surface area contributed by atoms with Crippen LogP contribution in [0.4, 0.5) is 4.39 Å². The zero-order chi connectivity index (χ0) is 24.4. The van der Waals surface area contributed by atoms with Gasteiger partial charge in [-0.2, -0.15) is 10.3 Å². The molecule has 0 aliphatic carbocycles. The molecule has 0 bridgehead atoms. The van der Waals surface area contributed by atoms with E-state index >= 15 is 0 Å². The maximum atomic E-state index is 14.3. The smallest absolute Gasteiger partial charge is 0.281 e. The Morgan fingerprint density at radius 3 is 2.54 bits per heavy atom. The standard InChI is InChI=1S/C27H18FN5O2/c28-22-11-5-4-10-20(22)26(34)31-24-19(17-29)16-21-25(30-23-12-6-7-14-32(23)27(21)35)33(24)15-13-18-8-2-1-3-9-18/h1-12,14,16H,13,15H2. The second kappa shape index (κ2) is 9.15. The Morgan fingerprint density at radius 1 is 1.03 bits per heavy atom. The van der Waals surface area contributed by atoms with Gasteiger partial charge in [-0.05, 0) is 42.3 Å². The molecule has 0 aliphatic heterocycles. The minimum atomic E-state index is -0.829. The predicted molar refractivity (Wildman–Crippen MR) is 128 cm³/mol. The van der Waals surface area contributed by atoms with Crippen LogP contribution in [-0.4, -0.2) is 19.9 Å². The minimum Gasteiger partial charge on any atom is -0.309 e. The van der Waals surface area contributed by atoms with Gasteiger partial charge in [0.1, 0.15) is 23.2 Å². The lowest BCUT2D eigenvalue weighted by atomic mass is 10.1. The summed E-state index contributed by atoms with van der Waals surface area (Å²) >= 11 is 0. The van der Waals surface area contributed by atoms with E-state index in [1.165, 1.54) is 34.7 Å². The van der Waals surface area contributed by atoms with E-state index in [1.54, 1.807) is 29.0 Å². The summed E-state index contributed by atoms with van der Waals surface area (Å²) in [7, 11) is 0. The van der Waals surface area contributed by atoms with Crippen LogP contribution in [0.2, 0.25) is 0 Å². The van der Waals surface area contributed by atoms with Gasteiger partial charge in [-0.3, -0.25) is 14.0 Å². The highest BCUT2D eigenvalue weighted by Crippen LogP contribution is 2.13. The highest BCUT2D eigenvalue weighted by atomic mass is 19.1. The zero-order valence-corrected chi connectivity index (χ0v) is 18.4. The van der Waals surface area contributed by atoms with E-state index in [1.807, 2.05) is 36.4 Å². The number of benzene rings is 2. The average molecular weight is 463 g/mol. The fraction of sp³-hybridized carbons (Fsp3) is 0.0741. The number of aromatic nitrogens is 3. The van der Waals surface area contributed by atoms with Crippen molar-refractivity contribution < 1.29 is 9.18 Å². The van der Waals surface area contributed by atoms with E-state index in [0.717, 1.165) is 5.56 Å². The summed E-state index contributed by atoms with van der Waals surface area (Å²) in [4.78, 5) is 35.0. The number of amides is 1. The van der Waals surface area contributed by atoms with Gasteiger partial charge >= 0.3 is 0 Å². The summed E-state index contributed by atoms with van der Waals surface area (Å²) in [6.45, 7) is 0.287. The van der Waals surface area contributed by atoms with E-state index in [4.69, 9.17) is 0 Å². The molecule has 8 heteroatoms. The van der Waals surface area contributed by atoms with E-state index in [2.05, 4.69) is 9.98 Å². The molecule has 5 aromatic rings. The van der Waals surface area contributed by atoms with Crippen molar-refractivity contribution in [2.24, 2.45) is 4.99 Å². The van der Waals surface area contributed by atoms with E-state index in [0.29, 0.717) is 12.1 Å². The number of rotatable bonds is 4. The van der Waals surface area contributed by atoms with Crippen molar-refractivity contribution in [3.8, 4) is 6.07 Å². The quantitative estimate of drug-likeness (QED) is 0.381. The average Bonchev–Trinajstić information content (AvgIpc) is 2.89. The Balaban J connectivity index is 1.81. The first kappa shape index (κ1) is 21.9. The molecule has 0 spiro atoms. The van der Waals surface area contributed by atoms with Crippen LogP contribution in [0.1, 0.15) is 21.5 Å². The van der Waals surface area contributed by atoms with Crippen molar-refractivity contribution in [3.63, 3.8) is 0 Å². The molecule has 0 atom stereocenters. The lowest BCUT2D eigenvalue weighted by Gasteiger charge is -2.13. The van der Waals surface area contributed by atoms with Gasteiger partial charge in [-0.1, -0.05) is 48.5 Å². The van der Waals surface area contributed by atoms with Crippen LogP contribution >= 0.6 is 0 Å². The van der Waals surface area contributed by atoms with Crippen LogP contribution in [0.25, 0.3) is 16.7 Å². The van der Waals surface area contributed by atoms with Gasteiger partial charge in [0.15, 0.2) is 5.49 Å². The Hall–Kier alpha value is -4.90. The van der Waals surface area contributed by atoms with Crippen molar-refractivity contribution in [3.05, 3.63) is 123 Å². The first-order chi connectivity index (χ1) is 17.1. The van der Waals surface area contributed by atoms with Crippen molar-refractivity contribution in [1.29, 1.82) is 5.26 Å². The molecule has 0 radical (unpaired) electrons. The number of hydrogen-bond donors (Lipinski definition) is 0. The van der Waals surface area contributed by atoms with Crippen LogP contribution in [0.3, 0.4) is 0 Å². The maximum absolute atomic E-state index is 14.3. The molecule has 0 fully saturated rings. The van der Waals surface area contributed by atoms with Gasteiger partial charge in [0, 0.05) is 12.7 Å². The number of aryl methyl sites for hydroxylation is 2. The van der Waals surface area contributed by atoms with Crippen LogP contribution in [0, 0.1) is 17.1 Å². The number of pyridine rings is 2. The van der Waals surface area contributed by atoms with E-state index < -0.39 is 11.7 Å². The molecular formula is C27H18FN5O2. The predicted octanol–water partition coefficient (Wildman–Crippen LogP) is 3.64. The second-order valence-electron chi connectivity index (χ2n) is 7.86. The van der Waals surface area contributed by atoms with Crippen molar-refractivity contribution in [1.82, 2.24) is 14.0 Å². The van der Waals surface area contributed by atoms with E-state index in [-0.39, 0.29) is 39.8 Å². The van der Waals surface area contributed by atoms with Crippen LogP contribution in [0.15, 0.2) is 94.8 Å². The summed E-state index contributed by atoms with van der Waals surface area (Å²) in [6, 6.07) is 23.8. The third-order valence-corrected chi connectivity index (χ3v) is 5.69. The lowest BCUT2D eigenvalue weighted by molar-refractivity contribution is 0.0993. The third kappa shape index (κ3) is 4.11. The Kier molecular flexibility index (Phi) is 5.73. The van der Waals surface area contributed by atoms with Gasteiger partial charge < -0.3 is 4.57 Å². The first-order valence-corrected chi connectivity index (χ1v) is 10.9. The number of nitriles is 1. The monoisotopic (exact) mass is 463 g/mol. The Labute approximate surface area is 198 Å². The molecular weight excluding hydrogens is 445 g/mol. The Morgan fingerprint density at radius 2 is 1.77 bits per heavy atom. The van der Waals surface area contributed by atoms with Gasteiger partial charge in [0.25, 0.3) is 11.5 Å². The fourth-order valence-electron chi connectivity index (χ4n) is 3.97. The largest absolute Gasteiger partial charge is 0.309 e. The molecule has 2 aromatic carbocycles. The molecule has 0 N–H and O–H groups in total. The normalized spacial score (nSPS) is 11.6. The number of hydrogen-bond acceptors (Lipinski definition) is 4. The third-order valence-electron chi connectivity index (χ3n) is 5.69. The molecule has 5 rings (SSSR count). The lowest BCUT2D eigenvalue weighted by Crippen LogP contribution is -2.30. The zero-order valence-electron chi connectivity index (χ0n) is 18.4. The van der Waals surface area contributed by atoms with Crippen LogP contribution in [-0.2, 0) is 13.0 Å². The van der Waals surface area contributed by atoms with Gasteiger partial charge in [0.2, 0.25) is 0 Å². The molecule has 0 aliphatic rings. The summed E-state index contributed by atoms with van der Waals surface area (Å²) < 4.78 is 17.3. The molecule has 0 saturated carbocycles. The topological polar surface area (TPSA) is 92.5 Å². The number of fused-ring (bicyclic) bond motifs is 2. The second-order valence-corrected chi connectivity index (χ2v) is 7.86. The molecule has 1 amide bonds. The molecule has 0 saturated heterocycles. The summed E-state index contributed by atoms with van der Waals surface area (Å²) in [5.41, 5.74) is 1.20.